The van der Waals surface area contributed by atoms with Gasteiger partial charge in [0.1, 0.15) is 12.2 Å². The Bertz CT molecular complexity index is 690. The molecule has 0 aromatic heterocycles. The highest BCUT2D eigenvalue weighted by molar-refractivity contribution is 5.82. The van der Waals surface area contributed by atoms with Crippen LogP contribution in [0.1, 0.15) is 49.3 Å². The molecule has 3 heteroatoms. The molecule has 3 unspecified atom stereocenters. The Morgan fingerprint density at radius 2 is 2.00 bits per heavy atom. The van der Waals surface area contributed by atoms with Crippen LogP contribution in [0.3, 0.4) is 0 Å². The number of esters is 1. The van der Waals surface area contributed by atoms with E-state index in [0.717, 1.165) is 19.3 Å². The Kier molecular flexibility index (Phi) is 4.00. The maximum Gasteiger partial charge on any atom is 0.316 e. The molecule has 0 radical (unpaired) electrons. The number of carbonyl (C=O) groups excluding carboxylic acids is 1. The summed E-state index contributed by atoms with van der Waals surface area (Å²) in [5.74, 6) is -0.0988. The van der Waals surface area contributed by atoms with E-state index in [4.69, 9.17) is 9.47 Å². The Morgan fingerprint density at radius 1 is 1.21 bits per heavy atom. The van der Waals surface area contributed by atoms with Crippen LogP contribution in [0.5, 0.6) is 0 Å². The minimum absolute atomic E-state index is 0.0813. The van der Waals surface area contributed by atoms with E-state index < -0.39 is 5.41 Å². The van der Waals surface area contributed by atoms with Gasteiger partial charge >= 0.3 is 5.97 Å². The first-order valence-corrected chi connectivity index (χ1v) is 9.15. The van der Waals surface area contributed by atoms with Gasteiger partial charge in [0, 0.05) is 13.5 Å². The summed E-state index contributed by atoms with van der Waals surface area (Å²) < 4.78 is 11.2. The Hall–Kier alpha value is -1.61. The molecule has 0 amide bonds. The van der Waals surface area contributed by atoms with Gasteiger partial charge in [0.05, 0.1) is 5.41 Å². The van der Waals surface area contributed by atoms with Crippen molar-refractivity contribution in [2.24, 2.45) is 5.41 Å². The summed E-state index contributed by atoms with van der Waals surface area (Å²) in [4.78, 5) is 12.1. The molecule has 0 saturated carbocycles. The van der Waals surface area contributed by atoms with Crippen LogP contribution in [0, 0.1) is 5.41 Å². The van der Waals surface area contributed by atoms with E-state index in [1.807, 2.05) is 6.92 Å². The van der Waals surface area contributed by atoms with Gasteiger partial charge in [0.25, 0.3) is 0 Å². The molecular weight excluding hydrogens is 300 g/mol. The maximum atomic E-state index is 12.1. The van der Waals surface area contributed by atoms with Crippen molar-refractivity contribution in [2.75, 3.05) is 7.11 Å². The van der Waals surface area contributed by atoms with Crippen molar-refractivity contribution in [2.45, 2.75) is 64.1 Å². The van der Waals surface area contributed by atoms with Crippen LogP contribution in [-0.4, -0.2) is 25.3 Å². The van der Waals surface area contributed by atoms with Crippen molar-refractivity contribution in [3.05, 3.63) is 46.5 Å². The molecule has 1 fully saturated rings. The number of hydrogen-bond donors (Lipinski definition) is 0. The van der Waals surface area contributed by atoms with Crippen LogP contribution in [0.25, 0.3) is 0 Å². The molecular formula is C21H26O3. The molecule has 3 aliphatic rings. The first-order chi connectivity index (χ1) is 11.6. The van der Waals surface area contributed by atoms with Gasteiger partial charge in [0.2, 0.25) is 0 Å². The SMILES string of the molecule is COC1C(CCc2ccc3c(c2)CCCC3)=CC2(C)CC1OC2=O. The lowest BCUT2D eigenvalue weighted by Crippen LogP contribution is -2.34. The molecule has 0 spiro atoms. The molecule has 1 aromatic rings. The van der Waals surface area contributed by atoms with Gasteiger partial charge in [-0.2, -0.15) is 0 Å². The normalized spacial score (nSPS) is 31.4. The standard InChI is InChI=1S/C21H26O3/c1-21-12-17(19(23-2)18(13-21)24-20(21)22)10-8-14-7-9-15-5-3-4-6-16(15)11-14/h7,9,11-12,18-19H,3-6,8,10,13H2,1-2H3. The van der Waals surface area contributed by atoms with Crippen molar-refractivity contribution in [3.8, 4) is 0 Å². The lowest BCUT2D eigenvalue weighted by atomic mass is 9.76. The zero-order valence-electron chi connectivity index (χ0n) is 14.6. The number of fused-ring (bicyclic) bond motifs is 3. The predicted octanol–water partition coefficient (Wildman–Crippen LogP) is 3.77. The third kappa shape index (κ3) is 2.69. The van der Waals surface area contributed by atoms with Crippen molar-refractivity contribution < 1.29 is 14.3 Å². The number of hydrogen-bond acceptors (Lipinski definition) is 3. The van der Waals surface area contributed by atoms with E-state index in [0.29, 0.717) is 0 Å². The fraction of sp³-hybridized carbons (Fsp3) is 0.571. The van der Waals surface area contributed by atoms with Crippen molar-refractivity contribution in [1.82, 2.24) is 0 Å². The monoisotopic (exact) mass is 326 g/mol. The van der Waals surface area contributed by atoms with E-state index >= 15 is 0 Å². The van der Waals surface area contributed by atoms with Crippen molar-refractivity contribution >= 4 is 5.97 Å². The number of carbonyl (C=O) groups is 1. The fourth-order valence-electron chi connectivity index (χ4n) is 4.58. The molecule has 128 valence electrons. The van der Waals surface area contributed by atoms with Gasteiger partial charge in [-0.15, -0.1) is 0 Å². The lowest BCUT2D eigenvalue weighted by molar-refractivity contribution is -0.148. The zero-order chi connectivity index (χ0) is 16.7. The maximum absolute atomic E-state index is 12.1. The predicted molar refractivity (Wildman–Crippen MR) is 92.9 cm³/mol. The van der Waals surface area contributed by atoms with E-state index in [-0.39, 0.29) is 18.2 Å². The van der Waals surface area contributed by atoms with Gasteiger partial charge in [0.15, 0.2) is 0 Å². The molecule has 1 aromatic carbocycles. The number of methoxy groups -OCH3 is 1. The van der Waals surface area contributed by atoms with Gasteiger partial charge in [-0.05, 0) is 67.7 Å². The van der Waals surface area contributed by atoms with Gasteiger partial charge in [-0.3, -0.25) is 4.79 Å². The molecule has 4 rings (SSSR count). The topological polar surface area (TPSA) is 35.5 Å². The van der Waals surface area contributed by atoms with Gasteiger partial charge < -0.3 is 9.47 Å². The number of ether oxygens (including phenoxy) is 2. The molecule has 0 N–H and O–H groups in total. The Morgan fingerprint density at radius 3 is 2.79 bits per heavy atom. The first-order valence-electron chi connectivity index (χ1n) is 9.15. The third-order valence-corrected chi connectivity index (χ3v) is 5.93. The van der Waals surface area contributed by atoms with Gasteiger partial charge in [-0.1, -0.05) is 24.3 Å². The summed E-state index contributed by atoms with van der Waals surface area (Å²) >= 11 is 0. The summed E-state index contributed by atoms with van der Waals surface area (Å²) in [7, 11) is 1.71. The zero-order valence-corrected chi connectivity index (χ0v) is 14.6. The minimum atomic E-state index is -0.453. The second-order valence-electron chi connectivity index (χ2n) is 7.75. The van der Waals surface area contributed by atoms with E-state index in [2.05, 4.69) is 24.3 Å². The van der Waals surface area contributed by atoms with Gasteiger partial charge in [-0.25, -0.2) is 0 Å². The quantitative estimate of drug-likeness (QED) is 0.624. The second-order valence-corrected chi connectivity index (χ2v) is 7.75. The summed E-state index contributed by atoms with van der Waals surface area (Å²) in [6.07, 6.45) is 9.67. The largest absolute Gasteiger partial charge is 0.459 e. The van der Waals surface area contributed by atoms with Crippen LogP contribution in [0.2, 0.25) is 0 Å². The number of benzene rings is 1. The van der Waals surface area contributed by atoms with Crippen molar-refractivity contribution in [3.63, 3.8) is 0 Å². The number of aryl methyl sites for hydroxylation is 3. The van der Waals surface area contributed by atoms with Crippen molar-refractivity contribution in [1.29, 1.82) is 0 Å². The summed E-state index contributed by atoms with van der Waals surface area (Å²) in [5, 5.41) is 0. The van der Waals surface area contributed by atoms with E-state index in [1.165, 1.54) is 47.9 Å². The molecule has 3 atom stereocenters. The highest BCUT2D eigenvalue weighted by Crippen LogP contribution is 2.44. The van der Waals surface area contributed by atoms with E-state index in [9.17, 15) is 4.79 Å². The Balaban J connectivity index is 1.51. The first kappa shape index (κ1) is 15.9. The van der Waals surface area contributed by atoms with E-state index in [1.54, 1.807) is 7.11 Å². The average molecular weight is 326 g/mol. The third-order valence-electron chi connectivity index (χ3n) is 5.93. The molecule has 2 bridgehead atoms. The molecule has 1 aliphatic heterocycles. The fourth-order valence-corrected chi connectivity index (χ4v) is 4.58. The molecule has 2 aliphatic carbocycles. The highest BCUT2D eigenvalue weighted by atomic mass is 16.6. The Labute approximate surface area is 144 Å². The molecule has 1 heterocycles. The van der Waals surface area contributed by atoms with Crippen LogP contribution >= 0.6 is 0 Å². The summed E-state index contributed by atoms with van der Waals surface area (Å²) in [6, 6.07) is 6.97. The average Bonchev–Trinajstić information content (AvgIpc) is 2.82. The summed E-state index contributed by atoms with van der Waals surface area (Å²) in [6.45, 7) is 1.99. The van der Waals surface area contributed by atoms with Crippen LogP contribution in [-0.2, 0) is 33.5 Å². The van der Waals surface area contributed by atoms with Crippen LogP contribution in [0.4, 0.5) is 0 Å². The molecule has 24 heavy (non-hydrogen) atoms. The van der Waals surface area contributed by atoms with Crippen LogP contribution in [0.15, 0.2) is 29.8 Å². The molecule has 3 nitrogen and oxygen atoms in total. The minimum Gasteiger partial charge on any atom is -0.459 e. The smallest absolute Gasteiger partial charge is 0.316 e. The number of rotatable bonds is 4. The van der Waals surface area contributed by atoms with Crippen LogP contribution < -0.4 is 0 Å². The molecule has 1 saturated heterocycles. The lowest BCUT2D eigenvalue weighted by Gasteiger charge is -2.29. The highest BCUT2D eigenvalue weighted by Gasteiger charge is 2.51. The summed E-state index contributed by atoms with van der Waals surface area (Å²) in [5.41, 5.74) is 5.22. The second kappa shape index (κ2) is 6.03.